The average molecular weight is 449 g/mol. The molecule has 0 bridgehead atoms. The van der Waals surface area contributed by atoms with Gasteiger partial charge in [-0.3, -0.25) is 9.59 Å². The molecule has 0 spiro atoms. The number of aromatic amines is 1. The van der Waals surface area contributed by atoms with E-state index in [1.165, 1.54) is 13.2 Å². The van der Waals surface area contributed by atoms with E-state index in [-0.39, 0.29) is 0 Å². The Morgan fingerprint density at radius 3 is 2.47 bits per heavy atom. The molecule has 2 aromatic carbocycles. The molecule has 1 aromatic heterocycles. The number of rotatable bonds is 6. The number of halogens is 2. The number of nitrogens with one attached hydrogen (secondary N) is 2. The number of hydrogen-bond donors (Lipinski definition) is 3. The summed E-state index contributed by atoms with van der Waals surface area (Å²) in [4.78, 5) is 38.8. The third kappa shape index (κ3) is 4.33. The molecule has 0 aliphatic heterocycles. The molecule has 0 saturated heterocycles. The number of H-pyrrole nitrogens is 1. The van der Waals surface area contributed by atoms with E-state index in [1.54, 1.807) is 43.3 Å². The van der Waals surface area contributed by atoms with E-state index in [2.05, 4.69) is 10.3 Å². The Hall–Kier alpha value is -2.87. The predicted octanol–water partition coefficient (Wildman–Crippen LogP) is 4.10. The molecule has 1 heterocycles. The zero-order valence-electron chi connectivity index (χ0n) is 16.0. The van der Waals surface area contributed by atoms with Gasteiger partial charge in [0.2, 0.25) is 0 Å². The Morgan fingerprint density at radius 1 is 1.13 bits per heavy atom. The molecule has 2 unspecified atom stereocenters. The Balaban J connectivity index is 1.98. The standard InChI is InChI=1S/C21H18Cl2N2O5/c1-10(24-20(27)18(30-2)13-5-3-4-6-16(13)23)14-9-12(22)7-11-8-15(21(28)29)19(26)25-17(11)14/h3-10,18H,1-2H3,(H,24,27)(H,25,26)(H,28,29). The summed E-state index contributed by atoms with van der Waals surface area (Å²) in [5.41, 5.74) is 0.276. The third-order valence-corrected chi connectivity index (χ3v) is 5.23. The van der Waals surface area contributed by atoms with Crippen LogP contribution in [0.25, 0.3) is 10.9 Å². The van der Waals surface area contributed by atoms with Crippen LogP contribution < -0.4 is 10.9 Å². The van der Waals surface area contributed by atoms with E-state index in [0.29, 0.717) is 32.1 Å². The maximum Gasteiger partial charge on any atom is 0.341 e. The highest BCUT2D eigenvalue weighted by atomic mass is 35.5. The topological polar surface area (TPSA) is 108 Å². The summed E-state index contributed by atoms with van der Waals surface area (Å²) in [7, 11) is 1.40. The highest BCUT2D eigenvalue weighted by molar-refractivity contribution is 6.32. The molecule has 3 aromatic rings. The van der Waals surface area contributed by atoms with Crippen LogP contribution in [-0.4, -0.2) is 29.1 Å². The van der Waals surface area contributed by atoms with Crippen molar-refractivity contribution in [3.8, 4) is 0 Å². The van der Waals surface area contributed by atoms with Crippen LogP contribution in [0.4, 0.5) is 0 Å². The largest absolute Gasteiger partial charge is 0.477 e. The Morgan fingerprint density at radius 2 is 1.83 bits per heavy atom. The van der Waals surface area contributed by atoms with Gasteiger partial charge in [-0.1, -0.05) is 41.4 Å². The summed E-state index contributed by atoms with van der Waals surface area (Å²) >= 11 is 12.4. The second-order valence-corrected chi connectivity index (χ2v) is 7.49. The van der Waals surface area contributed by atoms with Gasteiger partial charge >= 0.3 is 5.97 Å². The lowest BCUT2D eigenvalue weighted by molar-refractivity contribution is -0.132. The lowest BCUT2D eigenvalue weighted by Gasteiger charge is -2.21. The van der Waals surface area contributed by atoms with Gasteiger partial charge in [0, 0.05) is 28.1 Å². The molecule has 1 amide bonds. The van der Waals surface area contributed by atoms with Gasteiger partial charge in [-0.05, 0) is 36.8 Å². The van der Waals surface area contributed by atoms with Crippen LogP contribution in [0, 0.1) is 0 Å². The zero-order valence-corrected chi connectivity index (χ0v) is 17.5. The highest BCUT2D eigenvalue weighted by Crippen LogP contribution is 2.29. The summed E-state index contributed by atoms with van der Waals surface area (Å²) in [5, 5.41) is 13.2. The number of aromatic nitrogens is 1. The molecule has 2 atom stereocenters. The first-order valence-corrected chi connectivity index (χ1v) is 9.66. The highest BCUT2D eigenvalue weighted by Gasteiger charge is 2.25. The van der Waals surface area contributed by atoms with Crippen LogP contribution in [0.3, 0.4) is 0 Å². The number of methoxy groups -OCH3 is 1. The number of carboxylic acids is 1. The molecule has 9 heteroatoms. The van der Waals surface area contributed by atoms with Crippen molar-refractivity contribution in [3.05, 3.63) is 79.6 Å². The Bertz CT molecular complexity index is 1190. The first kappa shape index (κ1) is 21.8. The number of benzene rings is 2. The number of aromatic carboxylic acids is 1. The Labute approximate surface area is 181 Å². The van der Waals surface area contributed by atoms with Gasteiger partial charge in [0.1, 0.15) is 5.56 Å². The van der Waals surface area contributed by atoms with Crippen LogP contribution in [0.1, 0.15) is 40.6 Å². The number of carboxylic acid groups (broad SMARTS) is 1. The lowest BCUT2D eigenvalue weighted by Crippen LogP contribution is -2.33. The van der Waals surface area contributed by atoms with Crippen LogP contribution in [-0.2, 0) is 9.53 Å². The van der Waals surface area contributed by atoms with E-state index in [1.807, 2.05) is 0 Å². The normalized spacial score (nSPS) is 13.1. The predicted molar refractivity (Wildman–Crippen MR) is 114 cm³/mol. The fourth-order valence-electron chi connectivity index (χ4n) is 3.24. The average Bonchev–Trinajstić information content (AvgIpc) is 2.69. The number of ether oxygens (including phenoxy) is 1. The fraction of sp³-hybridized carbons (Fsp3) is 0.190. The summed E-state index contributed by atoms with van der Waals surface area (Å²) in [5.74, 6) is -1.78. The lowest BCUT2D eigenvalue weighted by atomic mass is 10.0. The minimum atomic E-state index is -1.34. The van der Waals surface area contributed by atoms with Gasteiger partial charge in [-0.25, -0.2) is 4.79 Å². The zero-order chi connectivity index (χ0) is 22.0. The number of amides is 1. The van der Waals surface area contributed by atoms with E-state index in [0.717, 1.165) is 0 Å². The summed E-state index contributed by atoms with van der Waals surface area (Å²) < 4.78 is 5.34. The number of pyridine rings is 1. The molecule has 7 nitrogen and oxygen atoms in total. The third-order valence-electron chi connectivity index (χ3n) is 4.66. The van der Waals surface area contributed by atoms with Gasteiger partial charge in [0.05, 0.1) is 11.6 Å². The fourth-order valence-corrected chi connectivity index (χ4v) is 3.71. The van der Waals surface area contributed by atoms with Crippen molar-refractivity contribution in [2.75, 3.05) is 7.11 Å². The quantitative estimate of drug-likeness (QED) is 0.525. The minimum Gasteiger partial charge on any atom is -0.477 e. The van der Waals surface area contributed by atoms with Crippen LogP contribution in [0.5, 0.6) is 0 Å². The molecule has 3 rings (SSSR count). The molecule has 0 aliphatic carbocycles. The van der Waals surface area contributed by atoms with E-state index >= 15 is 0 Å². The maximum atomic E-state index is 12.9. The SMILES string of the molecule is COC(C(=O)NC(C)c1cc(Cl)cc2cc(C(=O)O)c(=O)[nH]c12)c1ccccc1Cl. The van der Waals surface area contributed by atoms with Gasteiger partial charge in [0.25, 0.3) is 11.5 Å². The summed E-state index contributed by atoms with van der Waals surface area (Å²) in [6.07, 6.45) is -0.940. The van der Waals surface area contributed by atoms with Crippen molar-refractivity contribution in [3.63, 3.8) is 0 Å². The summed E-state index contributed by atoms with van der Waals surface area (Å²) in [6.45, 7) is 1.71. The van der Waals surface area contributed by atoms with Crippen molar-refractivity contribution in [1.29, 1.82) is 0 Å². The van der Waals surface area contributed by atoms with Gasteiger partial charge < -0.3 is 20.1 Å². The number of fused-ring (bicyclic) bond motifs is 1. The van der Waals surface area contributed by atoms with E-state index in [9.17, 15) is 19.5 Å². The molecule has 156 valence electrons. The first-order valence-electron chi connectivity index (χ1n) is 8.90. The van der Waals surface area contributed by atoms with Gasteiger partial charge in [-0.2, -0.15) is 0 Å². The van der Waals surface area contributed by atoms with E-state index < -0.39 is 35.1 Å². The molecule has 0 fully saturated rings. The molecular formula is C21H18Cl2N2O5. The molecular weight excluding hydrogens is 431 g/mol. The number of hydrogen-bond acceptors (Lipinski definition) is 4. The molecule has 0 saturated carbocycles. The van der Waals surface area contributed by atoms with Crippen molar-refractivity contribution >= 4 is 46.0 Å². The molecule has 0 radical (unpaired) electrons. The smallest absolute Gasteiger partial charge is 0.341 e. The first-order chi connectivity index (χ1) is 14.2. The van der Waals surface area contributed by atoms with Crippen molar-refractivity contribution in [2.24, 2.45) is 0 Å². The number of carbonyl (C=O) groups excluding carboxylic acids is 1. The van der Waals surface area contributed by atoms with Crippen molar-refractivity contribution in [1.82, 2.24) is 10.3 Å². The van der Waals surface area contributed by atoms with E-state index in [4.69, 9.17) is 27.9 Å². The van der Waals surface area contributed by atoms with Crippen LogP contribution in [0.15, 0.2) is 47.3 Å². The summed E-state index contributed by atoms with van der Waals surface area (Å²) in [6, 6.07) is 10.7. The minimum absolute atomic E-state index is 0.330. The molecule has 3 N–H and O–H groups in total. The second-order valence-electron chi connectivity index (χ2n) is 6.64. The monoisotopic (exact) mass is 448 g/mol. The van der Waals surface area contributed by atoms with Crippen molar-refractivity contribution in [2.45, 2.75) is 19.1 Å². The number of carbonyl (C=O) groups is 2. The van der Waals surface area contributed by atoms with Crippen LogP contribution >= 0.6 is 23.2 Å². The van der Waals surface area contributed by atoms with Crippen molar-refractivity contribution < 1.29 is 19.4 Å². The van der Waals surface area contributed by atoms with Gasteiger partial charge in [0.15, 0.2) is 6.10 Å². The Kier molecular flexibility index (Phi) is 6.45. The maximum absolute atomic E-state index is 12.9. The molecule has 0 aliphatic rings. The molecule has 30 heavy (non-hydrogen) atoms. The second kappa shape index (κ2) is 8.87. The van der Waals surface area contributed by atoms with Gasteiger partial charge in [-0.15, -0.1) is 0 Å². The van der Waals surface area contributed by atoms with Crippen LogP contribution in [0.2, 0.25) is 10.0 Å².